The topological polar surface area (TPSA) is 43.6 Å². The van der Waals surface area contributed by atoms with Crippen LogP contribution in [0, 0.1) is 0 Å². The Morgan fingerprint density at radius 1 is 1.36 bits per heavy atom. The summed E-state index contributed by atoms with van der Waals surface area (Å²) < 4.78 is 0. The van der Waals surface area contributed by atoms with Crippen LogP contribution in [0.15, 0.2) is 5.16 Å². The fraction of sp³-hybridized carbons (Fsp3) is 0.833. The molecular formula is C6H12N4S. The molecule has 0 spiro atoms. The van der Waals surface area contributed by atoms with Crippen LogP contribution in [0.25, 0.3) is 0 Å². The molecule has 1 aromatic heterocycles. The molecule has 0 aliphatic carbocycles. The summed E-state index contributed by atoms with van der Waals surface area (Å²) in [6, 6.07) is 0. The Hall–Kier alpha value is -0.580. The highest BCUT2D eigenvalue weighted by Gasteiger charge is 2.16. The van der Waals surface area contributed by atoms with Crippen molar-refractivity contribution < 1.29 is 0 Å². The first-order valence-electron chi connectivity index (χ1n) is 3.38. The molecule has 4 nitrogen and oxygen atoms in total. The Labute approximate surface area is 70.4 Å². The highest BCUT2D eigenvalue weighted by atomic mass is 32.2. The van der Waals surface area contributed by atoms with Crippen molar-refractivity contribution in [3.05, 3.63) is 0 Å². The van der Waals surface area contributed by atoms with Crippen LogP contribution in [0.5, 0.6) is 0 Å². The van der Waals surface area contributed by atoms with Crippen molar-refractivity contribution in [2.45, 2.75) is 31.5 Å². The molecule has 5 heteroatoms. The van der Waals surface area contributed by atoms with Gasteiger partial charge in [-0.25, -0.2) is 0 Å². The first-order valence-corrected chi connectivity index (χ1v) is 4.61. The van der Waals surface area contributed by atoms with Crippen molar-refractivity contribution in [2.75, 3.05) is 6.26 Å². The lowest BCUT2D eigenvalue weighted by Gasteiger charge is -2.14. The smallest absolute Gasteiger partial charge is 0.158 e. The molecule has 0 aromatic carbocycles. The second-order valence-electron chi connectivity index (χ2n) is 3.24. The molecule has 0 aliphatic heterocycles. The van der Waals surface area contributed by atoms with E-state index in [4.69, 9.17) is 0 Å². The van der Waals surface area contributed by atoms with Crippen molar-refractivity contribution in [1.29, 1.82) is 0 Å². The quantitative estimate of drug-likeness (QED) is 0.596. The van der Waals surface area contributed by atoms with Gasteiger partial charge in [-0.1, -0.05) is 11.8 Å². The molecule has 0 atom stereocenters. The van der Waals surface area contributed by atoms with E-state index in [-0.39, 0.29) is 5.54 Å². The standard InChI is InChI=1S/C6H12N4S/c1-6(2,3)10-8-5(11-4)7-9-10/h1-4H3. The van der Waals surface area contributed by atoms with E-state index in [1.165, 1.54) is 11.8 Å². The lowest BCUT2D eigenvalue weighted by atomic mass is 10.1. The van der Waals surface area contributed by atoms with Crippen LogP contribution in [0.4, 0.5) is 0 Å². The molecule has 0 saturated heterocycles. The van der Waals surface area contributed by atoms with Gasteiger partial charge in [-0.05, 0) is 32.2 Å². The second kappa shape index (κ2) is 2.81. The minimum absolute atomic E-state index is 0.0685. The van der Waals surface area contributed by atoms with Crippen LogP contribution in [0.2, 0.25) is 0 Å². The van der Waals surface area contributed by atoms with Crippen LogP contribution in [-0.2, 0) is 5.54 Å². The number of hydrogen-bond donors (Lipinski definition) is 0. The summed E-state index contributed by atoms with van der Waals surface area (Å²) in [4.78, 5) is 1.62. The minimum Gasteiger partial charge on any atom is -0.158 e. The molecule has 0 radical (unpaired) electrons. The van der Waals surface area contributed by atoms with Crippen LogP contribution < -0.4 is 0 Å². The highest BCUT2D eigenvalue weighted by Crippen LogP contribution is 2.12. The van der Waals surface area contributed by atoms with E-state index in [1.54, 1.807) is 4.80 Å². The van der Waals surface area contributed by atoms with Gasteiger partial charge in [0.15, 0.2) is 0 Å². The van der Waals surface area contributed by atoms with Crippen LogP contribution >= 0.6 is 11.8 Å². The van der Waals surface area contributed by atoms with E-state index in [2.05, 4.69) is 15.4 Å². The molecule has 11 heavy (non-hydrogen) atoms. The maximum Gasteiger partial charge on any atom is 0.230 e. The summed E-state index contributed by atoms with van der Waals surface area (Å²) >= 11 is 1.50. The van der Waals surface area contributed by atoms with Gasteiger partial charge in [0.25, 0.3) is 0 Å². The van der Waals surface area contributed by atoms with Gasteiger partial charge in [0.2, 0.25) is 5.16 Å². The fourth-order valence-electron chi connectivity index (χ4n) is 0.567. The van der Waals surface area contributed by atoms with E-state index < -0.39 is 0 Å². The minimum atomic E-state index is -0.0685. The summed E-state index contributed by atoms with van der Waals surface area (Å²) in [5, 5.41) is 12.6. The zero-order valence-corrected chi connectivity index (χ0v) is 8.01. The van der Waals surface area contributed by atoms with Gasteiger partial charge in [0.05, 0.1) is 5.54 Å². The monoisotopic (exact) mass is 172 g/mol. The van der Waals surface area contributed by atoms with E-state index in [1.807, 2.05) is 27.0 Å². The van der Waals surface area contributed by atoms with Crippen molar-refractivity contribution in [1.82, 2.24) is 20.2 Å². The van der Waals surface area contributed by atoms with Crippen LogP contribution in [0.1, 0.15) is 20.8 Å². The zero-order chi connectivity index (χ0) is 8.48. The Bertz CT molecular complexity index is 237. The Morgan fingerprint density at radius 3 is 2.27 bits per heavy atom. The number of hydrogen-bond acceptors (Lipinski definition) is 4. The summed E-state index contributed by atoms with van der Waals surface area (Å²) in [6.07, 6.45) is 1.93. The molecule has 0 amide bonds. The molecular weight excluding hydrogens is 160 g/mol. The molecule has 0 aliphatic rings. The molecule has 62 valence electrons. The number of tetrazole rings is 1. The third-order valence-electron chi connectivity index (χ3n) is 1.18. The Kier molecular flexibility index (Phi) is 2.17. The lowest BCUT2D eigenvalue weighted by molar-refractivity contribution is 0.304. The summed E-state index contributed by atoms with van der Waals surface area (Å²) in [6.45, 7) is 6.12. The first-order chi connectivity index (χ1) is 5.04. The largest absolute Gasteiger partial charge is 0.230 e. The lowest BCUT2D eigenvalue weighted by Crippen LogP contribution is -2.24. The van der Waals surface area contributed by atoms with E-state index in [0.29, 0.717) is 0 Å². The molecule has 1 heterocycles. The molecule has 0 bridgehead atoms. The first kappa shape index (κ1) is 8.52. The number of nitrogens with zero attached hydrogens (tertiary/aromatic N) is 4. The molecule has 0 saturated carbocycles. The predicted molar refractivity (Wildman–Crippen MR) is 44.6 cm³/mol. The van der Waals surface area contributed by atoms with E-state index in [0.717, 1.165) is 5.16 Å². The van der Waals surface area contributed by atoms with Gasteiger partial charge in [-0.2, -0.15) is 4.80 Å². The normalized spacial score (nSPS) is 12.0. The molecule has 0 unspecified atom stereocenters. The SMILES string of the molecule is CSc1nnn(C(C)(C)C)n1. The van der Waals surface area contributed by atoms with Crippen molar-refractivity contribution >= 4 is 11.8 Å². The number of rotatable bonds is 1. The Balaban J connectivity index is 2.89. The molecule has 1 rings (SSSR count). The zero-order valence-electron chi connectivity index (χ0n) is 7.20. The van der Waals surface area contributed by atoms with Gasteiger partial charge in [-0.15, -0.1) is 10.2 Å². The van der Waals surface area contributed by atoms with Crippen molar-refractivity contribution in [3.8, 4) is 0 Å². The number of aromatic nitrogens is 4. The molecule has 0 fully saturated rings. The van der Waals surface area contributed by atoms with Gasteiger partial charge in [0, 0.05) is 0 Å². The maximum absolute atomic E-state index is 4.16. The summed E-state index contributed by atoms with van der Waals surface area (Å²) in [5.74, 6) is 0. The summed E-state index contributed by atoms with van der Waals surface area (Å²) in [7, 11) is 0. The van der Waals surface area contributed by atoms with Crippen molar-refractivity contribution in [2.24, 2.45) is 0 Å². The Morgan fingerprint density at radius 2 is 2.00 bits per heavy atom. The van der Waals surface area contributed by atoms with Gasteiger partial charge >= 0.3 is 0 Å². The third-order valence-corrected chi connectivity index (χ3v) is 1.71. The van der Waals surface area contributed by atoms with Crippen LogP contribution in [0.3, 0.4) is 0 Å². The summed E-state index contributed by atoms with van der Waals surface area (Å²) in [5.41, 5.74) is -0.0685. The average Bonchev–Trinajstić information content (AvgIpc) is 2.32. The molecule has 0 N–H and O–H groups in total. The van der Waals surface area contributed by atoms with Crippen LogP contribution in [-0.4, -0.2) is 26.5 Å². The molecule has 1 aromatic rings. The van der Waals surface area contributed by atoms with Gasteiger partial charge in [0.1, 0.15) is 0 Å². The van der Waals surface area contributed by atoms with E-state index >= 15 is 0 Å². The van der Waals surface area contributed by atoms with Crippen molar-refractivity contribution in [3.63, 3.8) is 0 Å². The van der Waals surface area contributed by atoms with Gasteiger partial charge < -0.3 is 0 Å². The number of thioether (sulfide) groups is 1. The third kappa shape index (κ3) is 1.92. The predicted octanol–water partition coefficient (Wildman–Crippen LogP) is 1.15. The highest BCUT2D eigenvalue weighted by molar-refractivity contribution is 7.98. The fourth-order valence-corrected chi connectivity index (χ4v) is 0.845. The average molecular weight is 172 g/mol. The van der Waals surface area contributed by atoms with Gasteiger partial charge in [-0.3, -0.25) is 0 Å². The van der Waals surface area contributed by atoms with E-state index in [9.17, 15) is 0 Å². The maximum atomic E-state index is 4.16. The second-order valence-corrected chi connectivity index (χ2v) is 4.01.